The van der Waals surface area contributed by atoms with Crippen molar-refractivity contribution in [3.8, 4) is 0 Å². The Morgan fingerprint density at radius 3 is 3.00 bits per heavy atom. The number of halogens is 1. The summed E-state index contributed by atoms with van der Waals surface area (Å²) >= 11 is 5.45. The van der Waals surface area contributed by atoms with E-state index in [9.17, 15) is 4.79 Å². The van der Waals surface area contributed by atoms with Gasteiger partial charge in [0.1, 0.15) is 5.88 Å². The second-order valence-electron chi connectivity index (χ2n) is 3.02. The molecule has 0 aliphatic carbocycles. The first kappa shape index (κ1) is 11.0. The molecule has 1 heterocycles. The number of aromatic nitrogens is 2. The number of aryl methyl sites for hydroxylation is 1. The zero-order valence-corrected chi connectivity index (χ0v) is 9.16. The molecule has 0 spiro atoms. The molecule has 0 saturated carbocycles. The highest BCUT2D eigenvalue weighted by molar-refractivity contribution is 6.27. The van der Waals surface area contributed by atoms with Crippen LogP contribution in [0.2, 0.25) is 0 Å². The minimum Gasteiger partial charge on any atom is -0.339 e. The molecule has 0 unspecified atom stereocenters. The zero-order valence-electron chi connectivity index (χ0n) is 8.40. The maximum absolute atomic E-state index is 11.2. The van der Waals surface area contributed by atoms with Crippen LogP contribution in [0, 0.1) is 0 Å². The molecule has 0 radical (unpaired) electrons. The summed E-state index contributed by atoms with van der Waals surface area (Å²) in [5.41, 5.74) is 1.02. The standard InChI is InChI=1S/C9H14ClN3O/c1-3-13-8(4-5-11-13)7-12(2)9(14)6-10/h4-5H,3,6-7H2,1-2H3. The van der Waals surface area contributed by atoms with E-state index in [1.165, 1.54) is 0 Å². The summed E-state index contributed by atoms with van der Waals surface area (Å²) in [7, 11) is 1.73. The third-order valence-corrected chi connectivity index (χ3v) is 2.27. The third-order valence-electron chi connectivity index (χ3n) is 2.04. The van der Waals surface area contributed by atoms with Gasteiger partial charge >= 0.3 is 0 Å². The van der Waals surface area contributed by atoms with E-state index < -0.39 is 0 Å². The van der Waals surface area contributed by atoms with Crippen LogP contribution >= 0.6 is 11.6 Å². The monoisotopic (exact) mass is 215 g/mol. The molecule has 0 aliphatic rings. The Morgan fingerprint density at radius 1 is 1.71 bits per heavy atom. The number of amides is 1. The molecule has 1 aromatic heterocycles. The van der Waals surface area contributed by atoms with Gasteiger partial charge in [0, 0.05) is 19.8 Å². The lowest BCUT2D eigenvalue weighted by molar-refractivity contribution is -0.127. The smallest absolute Gasteiger partial charge is 0.237 e. The van der Waals surface area contributed by atoms with E-state index in [1.807, 2.05) is 17.7 Å². The lowest BCUT2D eigenvalue weighted by Crippen LogP contribution is -2.28. The first-order valence-corrected chi connectivity index (χ1v) is 5.03. The first-order chi connectivity index (χ1) is 6.69. The van der Waals surface area contributed by atoms with Crippen molar-refractivity contribution in [2.24, 2.45) is 0 Å². The van der Waals surface area contributed by atoms with Crippen molar-refractivity contribution in [1.29, 1.82) is 0 Å². The van der Waals surface area contributed by atoms with Gasteiger partial charge in [0.2, 0.25) is 5.91 Å². The molecule has 1 rings (SSSR count). The van der Waals surface area contributed by atoms with Crippen LogP contribution < -0.4 is 0 Å². The summed E-state index contributed by atoms with van der Waals surface area (Å²) in [5, 5.41) is 4.12. The summed E-state index contributed by atoms with van der Waals surface area (Å²) < 4.78 is 1.86. The van der Waals surface area contributed by atoms with Crippen LogP contribution in [-0.2, 0) is 17.9 Å². The molecular weight excluding hydrogens is 202 g/mol. The summed E-state index contributed by atoms with van der Waals surface area (Å²) in [6.07, 6.45) is 1.73. The Balaban J connectivity index is 2.64. The second kappa shape index (κ2) is 5.00. The van der Waals surface area contributed by atoms with Crippen molar-refractivity contribution in [3.63, 3.8) is 0 Å². The second-order valence-corrected chi connectivity index (χ2v) is 3.29. The van der Waals surface area contributed by atoms with Crippen molar-refractivity contribution >= 4 is 17.5 Å². The molecule has 0 aliphatic heterocycles. The van der Waals surface area contributed by atoms with E-state index in [1.54, 1.807) is 18.1 Å². The Bertz CT molecular complexity index is 311. The predicted molar refractivity (Wildman–Crippen MR) is 55.1 cm³/mol. The van der Waals surface area contributed by atoms with Gasteiger partial charge in [0.05, 0.1) is 12.2 Å². The van der Waals surface area contributed by atoms with Gasteiger partial charge in [-0.3, -0.25) is 9.48 Å². The molecular formula is C9H14ClN3O. The van der Waals surface area contributed by atoms with Gasteiger partial charge in [0.25, 0.3) is 0 Å². The Hall–Kier alpha value is -1.03. The molecule has 5 heteroatoms. The fraction of sp³-hybridized carbons (Fsp3) is 0.556. The predicted octanol–water partition coefficient (Wildman–Crippen LogP) is 1.10. The zero-order chi connectivity index (χ0) is 10.6. The summed E-state index contributed by atoms with van der Waals surface area (Å²) in [4.78, 5) is 12.8. The molecule has 0 atom stereocenters. The minimum absolute atomic E-state index is 0.0246. The molecule has 4 nitrogen and oxygen atoms in total. The Kier molecular flexibility index (Phi) is 3.95. The number of carbonyl (C=O) groups excluding carboxylic acids is 1. The molecule has 0 aromatic carbocycles. The molecule has 1 aromatic rings. The number of hydrogen-bond donors (Lipinski definition) is 0. The van der Waals surface area contributed by atoms with Gasteiger partial charge < -0.3 is 4.90 Å². The van der Waals surface area contributed by atoms with Crippen molar-refractivity contribution in [1.82, 2.24) is 14.7 Å². The molecule has 0 saturated heterocycles. The van der Waals surface area contributed by atoms with Gasteiger partial charge in [-0.1, -0.05) is 0 Å². The first-order valence-electron chi connectivity index (χ1n) is 4.49. The summed E-state index contributed by atoms with van der Waals surface area (Å²) in [6.45, 7) is 3.38. The summed E-state index contributed by atoms with van der Waals surface area (Å²) in [6, 6.07) is 1.90. The minimum atomic E-state index is -0.0736. The van der Waals surface area contributed by atoms with E-state index in [-0.39, 0.29) is 11.8 Å². The van der Waals surface area contributed by atoms with E-state index >= 15 is 0 Å². The number of nitrogens with zero attached hydrogens (tertiary/aromatic N) is 3. The lowest BCUT2D eigenvalue weighted by Gasteiger charge is -2.16. The molecule has 0 N–H and O–H groups in total. The van der Waals surface area contributed by atoms with E-state index in [0.29, 0.717) is 6.54 Å². The van der Waals surface area contributed by atoms with Crippen LogP contribution in [0.5, 0.6) is 0 Å². The highest BCUT2D eigenvalue weighted by Gasteiger charge is 2.09. The van der Waals surface area contributed by atoms with Crippen LogP contribution in [-0.4, -0.2) is 33.5 Å². The van der Waals surface area contributed by atoms with Gasteiger partial charge in [-0.05, 0) is 13.0 Å². The third kappa shape index (κ3) is 2.48. The average molecular weight is 216 g/mol. The largest absolute Gasteiger partial charge is 0.339 e. The van der Waals surface area contributed by atoms with Gasteiger partial charge in [-0.2, -0.15) is 5.10 Å². The maximum Gasteiger partial charge on any atom is 0.237 e. The number of rotatable bonds is 4. The van der Waals surface area contributed by atoms with E-state index in [2.05, 4.69) is 5.10 Å². The van der Waals surface area contributed by atoms with Gasteiger partial charge in [0.15, 0.2) is 0 Å². The van der Waals surface area contributed by atoms with Crippen LogP contribution in [0.3, 0.4) is 0 Å². The van der Waals surface area contributed by atoms with Gasteiger partial charge in [-0.25, -0.2) is 0 Å². The SMILES string of the molecule is CCn1nccc1CN(C)C(=O)CCl. The molecule has 0 fully saturated rings. The number of carbonyl (C=O) groups is 1. The quantitative estimate of drug-likeness (QED) is 0.706. The Labute approximate surface area is 88.5 Å². The highest BCUT2D eigenvalue weighted by Crippen LogP contribution is 2.03. The van der Waals surface area contributed by atoms with Crippen LogP contribution in [0.4, 0.5) is 0 Å². The van der Waals surface area contributed by atoms with Crippen molar-refractivity contribution in [3.05, 3.63) is 18.0 Å². The molecule has 78 valence electrons. The van der Waals surface area contributed by atoms with Crippen LogP contribution in [0.25, 0.3) is 0 Å². The van der Waals surface area contributed by atoms with Crippen molar-refractivity contribution in [2.75, 3.05) is 12.9 Å². The highest BCUT2D eigenvalue weighted by atomic mass is 35.5. The lowest BCUT2D eigenvalue weighted by atomic mass is 10.4. The van der Waals surface area contributed by atoms with Crippen molar-refractivity contribution < 1.29 is 4.79 Å². The fourth-order valence-corrected chi connectivity index (χ4v) is 1.42. The molecule has 14 heavy (non-hydrogen) atoms. The molecule has 0 bridgehead atoms. The topological polar surface area (TPSA) is 38.1 Å². The van der Waals surface area contributed by atoms with Crippen LogP contribution in [0.15, 0.2) is 12.3 Å². The van der Waals surface area contributed by atoms with Gasteiger partial charge in [-0.15, -0.1) is 11.6 Å². The molecule has 1 amide bonds. The van der Waals surface area contributed by atoms with E-state index in [0.717, 1.165) is 12.2 Å². The Morgan fingerprint density at radius 2 is 2.43 bits per heavy atom. The number of hydrogen-bond acceptors (Lipinski definition) is 2. The fourth-order valence-electron chi connectivity index (χ4n) is 1.21. The van der Waals surface area contributed by atoms with E-state index in [4.69, 9.17) is 11.6 Å². The normalized spacial score (nSPS) is 10.2. The average Bonchev–Trinajstić information content (AvgIpc) is 2.63. The van der Waals surface area contributed by atoms with Crippen LogP contribution in [0.1, 0.15) is 12.6 Å². The number of alkyl halides is 1. The summed E-state index contributed by atoms with van der Waals surface area (Å²) in [5.74, 6) is -0.0490. The maximum atomic E-state index is 11.2. The van der Waals surface area contributed by atoms with Crippen molar-refractivity contribution in [2.45, 2.75) is 20.0 Å².